The Bertz CT molecular complexity index is 805. The van der Waals surface area contributed by atoms with Gasteiger partial charge in [-0.2, -0.15) is 0 Å². The largest absolute Gasteiger partial charge is 0.477 e. The summed E-state index contributed by atoms with van der Waals surface area (Å²) < 4.78 is 0. The fourth-order valence-electron chi connectivity index (χ4n) is 3.48. The number of β-lactam (4-membered cyclic amide) rings is 1. The van der Waals surface area contributed by atoms with Crippen LogP contribution in [0, 0.1) is 0 Å². The van der Waals surface area contributed by atoms with Crippen LogP contribution in [0.15, 0.2) is 41.6 Å². The van der Waals surface area contributed by atoms with Crippen molar-refractivity contribution >= 4 is 29.5 Å². The number of hydrogen-bond acceptors (Lipinski definition) is 6. The molecule has 0 spiro atoms. The maximum Gasteiger partial charge on any atom is 0.352 e. The summed E-state index contributed by atoms with van der Waals surface area (Å²) in [6.07, 6.45) is 0.158. The van der Waals surface area contributed by atoms with E-state index in [1.54, 1.807) is 0 Å². The van der Waals surface area contributed by atoms with Gasteiger partial charge in [-0.1, -0.05) is 51.1 Å². The lowest BCUT2D eigenvalue weighted by Gasteiger charge is -2.49. The summed E-state index contributed by atoms with van der Waals surface area (Å²) in [6, 6.07) is 8.42. The number of nitrogens with zero attached hydrogens (tertiary/aromatic N) is 2. The molecule has 1 aromatic carbocycles. The van der Waals surface area contributed by atoms with Crippen molar-refractivity contribution in [3.8, 4) is 0 Å². The Hall–Kier alpha value is -2.36. The number of benzene rings is 1. The Kier molecular flexibility index (Phi) is 9.54. The molecule has 0 bridgehead atoms. The van der Waals surface area contributed by atoms with Crippen molar-refractivity contribution in [1.29, 1.82) is 0 Å². The van der Waals surface area contributed by atoms with Crippen LogP contribution in [0.5, 0.6) is 0 Å². The standard InChI is InChI=1S/C16H16N2O5S.C6H15N/c19-7-10-8-24-15-12(14(21)18(15)13(10)16(22)23)17-11(20)6-9-4-2-1-3-5-9;1-4-7(5-2)6-3/h1-5,12,15,19H,6-8H2,(H,17,20)(H,22,23);4-6H2,1-3H3/t12?,15-;/m1./s1. The van der Waals surface area contributed by atoms with E-state index in [2.05, 4.69) is 31.0 Å². The van der Waals surface area contributed by atoms with Crippen molar-refractivity contribution in [3.63, 3.8) is 0 Å². The summed E-state index contributed by atoms with van der Waals surface area (Å²) in [7, 11) is 0. The van der Waals surface area contributed by atoms with E-state index >= 15 is 0 Å². The number of aliphatic carboxylic acids is 1. The van der Waals surface area contributed by atoms with Crippen LogP contribution in [-0.4, -0.2) is 81.2 Å². The second-order valence-corrected chi connectivity index (χ2v) is 8.26. The predicted octanol–water partition coefficient (Wildman–Crippen LogP) is 1.31. The van der Waals surface area contributed by atoms with Crippen molar-refractivity contribution in [2.24, 2.45) is 0 Å². The highest BCUT2D eigenvalue weighted by molar-refractivity contribution is 8.00. The predicted molar refractivity (Wildman–Crippen MR) is 120 cm³/mol. The highest BCUT2D eigenvalue weighted by Crippen LogP contribution is 2.40. The molecular weight excluding hydrogens is 418 g/mol. The number of carboxylic acid groups (broad SMARTS) is 1. The molecule has 2 amide bonds. The molecular formula is C22H31N3O5S. The summed E-state index contributed by atoms with van der Waals surface area (Å²) in [4.78, 5) is 39.3. The Morgan fingerprint density at radius 1 is 1.16 bits per heavy atom. The second-order valence-electron chi connectivity index (χ2n) is 7.15. The molecule has 1 aromatic rings. The first-order valence-corrected chi connectivity index (χ1v) is 11.5. The number of fused-ring (bicyclic) bond motifs is 1. The molecule has 2 atom stereocenters. The van der Waals surface area contributed by atoms with E-state index in [9.17, 15) is 24.6 Å². The normalized spacial score (nSPS) is 19.9. The summed E-state index contributed by atoms with van der Waals surface area (Å²) in [5, 5.41) is 20.8. The van der Waals surface area contributed by atoms with Crippen molar-refractivity contribution < 1.29 is 24.6 Å². The summed E-state index contributed by atoms with van der Waals surface area (Å²) in [5.41, 5.74) is 0.981. The number of rotatable bonds is 8. The molecule has 2 aliphatic rings. The quantitative estimate of drug-likeness (QED) is 0.513. The third-order valence-corrected chi connectivity index (χ3v) is 6.65. The van der Waals surface area contributed by atoms with Gasteiger partial charge in [0.15, 0.2) is 0 Å². The van der Waals surface area contributed by atoms with Crippen molar-refractivity contribution in [2.75, 3.05) is 32.0 Å². The molecule has 0 aromatic heterocycles. The zero-order valence-electron chi connectivity index (χ0n) is 18.2. The minimum Gasteiger partial charge on any atom is -0.477 e. The fraction of sp³-hybridized carbons (Fsp3) is 0.500. The third kappa shape index (κ3) is 6.09. The number of nitrogens with one attached hydrogen (secondary N) is 1. The maximum atomic E-state index is 12.3. The van der Waals surface area contributed by atoms with Gasteiger partial charge in [0, 0.05) is 5.75 Å². The van der Waals surface area contributed by atoms with Crippen LogP contribution in [0.4, 0.5) is 0 Å². The molecule has 2 heterocycles. The van der Waals surface area contributed by atoms with Crippen LogP contribution >= 0.6 is 11.8 Å². The minimum absolute atomic E-state index is 0.158. The molecule has 1 saturated heterocycles. The van der Waals surface area contributed by atoms with E-state index in [1.165, 1.54) is 31.4 Å². The number of aliphatic hydroxyl groups excluding tert-OH is 1. The number of amides is 2. The highest BCUT2D eigenvalue weighted by atomic mass is 32.2. The number of hydrogen-bond donors (Lipinski definition) is 3. The van der Waals surface area contributed by atoms with Crippen LogP contribution in [0.3, 0.4) is 0 Å². The van der Waals surface area contributed by atoms with Gasteiger partial charge in [0.25, 0.3) is 5.91 Å². The van der Waals surface area contributed by atoms with Gasteiger partial charge < -0.3 is 20.4 Å². The van der Waals surface area contributed by atoms with Crippen LogP contribution in [0.1, 0.15) is 26.3 Å². The van der Waals surface area contributed by atoms with Crippen molar-refractivity contribution in [1.82, 2.24) is 15.1 Å². The number of thioether (sulfide) groups is 1. The molecule has 2 aliphatic heterocycles. The Morgan fingerprint density at radius 3 is 2.26 bits per heavy atom. The van der Waals surface area contributed by atoms with Crippen LogP contribution in [0.2, 0.25) is 0 Å². The lowest BCUT2D eigenvalue weighted by molar-refractivity contribution is -0.150. The van der Waals surface area contributed by atoms with Gasteiger partial charge in [-0.25, -0.2) is 4.79 Å². The fourth-order valence-corrected chi connectivity index (χ4v) is 4.82. The average Bonchev–Trinajstić information content (AvgIpc) is 2.78. The third-order valence-electron chi connectivity index (χ3n) is 5.31. The molecule has 170 valence electrons. The summed E-state index contributed by atoms with van der Waals surface area (Å²) in [5.74, 6) is -1.67. The molecule has 0 aliphatic carbocycles. The molecule has 9 heteroatoms. The van der Waals surface area contributed by atoms with Crippen molar-refractivity contribution in [3.05, 3.63) is 47.2 Å². The monoisotopic (exact) mass is 449 g/mol. The number of carbonyl (C=O) groups excluding carboxylic acids is 2. The molecule has 3 rings (SSSR count). The molecule has 1 unspecified atom stereocenters. The molecule has 8 nitrogen and oxygen atoms in total. The number of carbonyl (C=O) groups is 3. The zero-order valence-corrected chi connectivity index (χ0v) is 19.0. The van der Waals surface area contributed by atoms with E-state index in [-0.39, 0.29) is 18.0 Å². The minimum atomic E-state index is -1.24. The molecule has 0 radical (unpaired) electrons. The topological polar surface area (TPSA) is 110 Å². The van der Waals surface area contributed by atoms with E-state index < -0.39 is 29.9 Å². The maximum absolute atomic E-state index is 12.3. The first kappa shape index (κ1) is 24.9. The van der Waals surface area contributed by atoms with E-state index in [0.29, 0.717) is 11.3 Å². The molecule has 1 fully saturated rings. The van der Waals surface area contributed by atoms with Gasteiger partial charge in [0.2, 0.25) is 5.91 Å². The Labute approximate surface area is 187 Å². The Morgan fingerprint density at radius 2 is 1.77 bits per heavy atom. The molecule has 31 heavy (non-hydrogen) atoms. The first-order valence-electron chi connectivity index (χ1n) is 10.4. The van der Waals surface area contributed by atoms with Gasteiger partial charge in [-0.3, -0.25) is 14.5 Å². The van der Waals surface area contributed by atoms with Gasteiger partial charge >= 0.3 is 5.97 Å². The van der Waals surface area contributed by atoms with E-state index in [1.807, 2.05) is 30.3 Å². The van der Waals surface area contributed by atoms with Gasteiger partial charge in [0.1, 0.15) is 17.1 Å². The lowest BCUT2D eigenvalue weighted by atomic mass is 10.0. The van der Waals surface area contributed by atoms with E-state index in [4.69, 9.17) is 0 Å². The second kappa shape index (κ2) is 11.9. The van der Waals surface area contributed by atoms with Crippen LogP contribution < -0.4 is 5.32 Å². The lowest BCUT2D eigenvalue weighted by Crippen LogP contribution is -2.70. The van der Waals surface area contributed by atoms with E-state index in [0.717, 1.165) is 10.5 Å². The number of carboxylic acids is 1. The SMILES string of the molecule is CCN(CC)CC.O=C(Cc1ccccc1)NC1C(=O)N2C(C(=O)O)=C(CO)CS[C@H]12. The summed E-state index contributed by atoms with van der Waals surface area (Å²) >= 11 is 1.34. The molecule has 0 saturated carbocycles. The summed E-state index contributed by atoms with van der Waals surface area (Å²) in [6.45, 7) is 9.72. The van der Waals surface area contributed by atoms with Crippen molar-refractivity contribution in [2.45, 2.75) is 38.6 Å². The van der Waals surface area contributed by atoms with Gasteiger partial charge in [-0.05, 0) is 30.8 Å². The first-order chi connectivity index (χ1) is 14.9. The Balaban J connectivity index is 0.000000423. The van der Waals surface area contributed by atoms with Crippen LogP contribution in [0.25, 0.3) is 0 Å². The van der Waals surface area contributed by atoms with Gasteiger partial charge in [-0.15, -0.1) is 11.8 Å². The average molecular weight is 450 g/mol. The zero-order chi connectivity index (χ0) is 23.0. The molecule has 3 N–H and O–H groups in total. The number of aliphatic hydroxyl groups is 1. The van der Waals surface area contributed by atoms with Gasteiger partial charge in [0.05, 0.1) is 13.0 Å². The smallest absolute Gasteiger partial charge is 0.352 e. The van der Waals surface area contributed by atoms with Crippen LogP contribution in [-0.2, 0) is 20.8 Å². The highest BCUT2D eigenvalue weighted by Gasteiger charge is 2.54.